The van der Waals surface area contributed by atoms with E-state index < -0.39 is 11.9 Å². The maximum atomic E-state index is 14.4. The van der Waals surface area contributed by atoms with Crippen molar-refractivity contribution < 1.29 is 14.3 Å². The number of amides is 1. The first kappa shape index (κ1) is 23.8. The zero-order valence-corrected chi connectivity index (χ0v) is 21.3. The molecule has 6 nitrogen and oxygen atoms in total. The molecule has 2 N–H and O–H groups in total. The Labute approximate surface area is 229 Å². The number of phenols is 1. The molecule has 0 saturated carbocycles. The number of aromatic nitrogens is 3. The first-order valence-corrected chi connectivity index (χ1v) is 12.9. The Balaban J connectivity index is 1.26. The molecule has 0 aliphatic carbocycles. The smallest absolute Gasteiger partial charge is 0.255 e. The molecule has 0 bridgehead atoms. The number of hydrogen-bond acceptors (Lipinski definition) is 4. The Morgan fingerprint density at radius 2 is 1.52 bits per heavy atom. The van der Waals surface area contributed by atoms with Gasteiger partial charge in [-0.3, -0.25) is 9.78 Å². The summed E-state index contributed by atoms with van der Waals surface area (Å²) in [5.74, 6) is -0.365. The molecular formula is C33H23FN4O2. The van der Waals surface area contributed by atoms with Crippen LogP contribution in [0.2, 0.25) is 0 Å². The van der Waals surface area contributed by atoms with Gasteiger partial charge in [0.2, 0.25) is 0 Å². The molecule has 6 aromatic rings. The molecule has 0 saturated heterocycles. The summed E-state index contributed by atoms with van der Waals surface area (Å²) in [7, 11) is 0. The maximum absolute atomic E-state index is 14.4. The van der Waals surface area contributed by atoms with Crippen molar-refractivity contribution in [2.75, 3.05) is 0 Å². The fourth-order valence-corrected chi connectivity index (χ4v) is 5.42. The monoisotopic (exact) mass is 526 g/mol. The van der Waals surface area contributed by atoms with Gasteiger partial charge in [0.25, 0.3) is 5.91 Å². The molecule has 7 rings (SSSR count). The molecule has 0 fully saturated rings. The third kappa shape index (κ3) is 4.08. The molecule has 0 radical (unpaired) electrons. The predicted octanol–water partition coefficient (Wildman–Crippen LogP) is 6.88. The number of pyridine rings is 1. The van der Waals surface area contributed by atoms with Crippen LogP contribution >= 0.6 is 0 Å². The Hall–Kier alpha value is -5.30. The molecule has 0 spiro atoms. The highest BCUT2D eigenvalue weighted by molar-refractivity contribution is 6.00. The number of benzene rings is 4. The maximum Gasteiger partial charge on any atom is 0.255 e. The average molecular weight is 527 g/mol. The number of aromatic hydroxyl groups is 1. The summed E-state index contributed by atoms with van der Waals surface area (Å²) in [6.07, 6.45) is 3.53. The number of fused-ring (bicyclic) bond motifs is 2. The Bertz CT molecular complexity index is 1850. The van der Waals surface area contributed by atoms with Crippen molar-refractivity contribution in [1.82, 2.24) is 19.9 Å². The lowest BCUT2D eigenvalue weighted by atomic mass is 9.98. The number of para-hydroxylation sites is 2. The van der Waals surface area contributed by atoms with E-state index >= 15 is 0 Å². The lowest BCUT2D eigenvalue weighted by Gasteiger charge is -2.27. The number of carbonyl (C=O) groups excluding carboxylic acids is 1. The minimum atomic E-state index is -0.814. The summed E-state index contributed by atoms with van der Waals surface area (Å²) in [4.78, 5) is 27.6. The van der Waals surface area contributed by atoms with Gasteiger partial charge in [-0.1, -0.05) is 48.5 Å². The normalized spacial score (nSPS) is 13.5. The van der Waals surface area contributed by atoms with E-state index in [-0.39, 0.29) is 17.2 Å². The number of phenolic OH excluding ortho intramolecular Hbond substituents is 1. The molecule has 7 heteroatoms. The molecule has 194 valence electrons. The molecule has 1 aliphatic rings. The van der Waals surface area contributed by atoms with Crippen molar-refractivity contribution in [3.05, 3.63) is 138 Å². The lowest BCUT2D eigenvalue weighted by molar-refractivity contribution is 0.0723. The summed E-state index contributed by atoms with van der Waals surface area (Å²) < 4.78 is 14.4. The Morgan fingerprint density at radius 1 is 0.825 bits per heavy atom. The molecule has 1 unspecified atom stereocenters. The third-order valence-electron chi connectivity index (χ3n) is 7.44. The standard InChI is InChI=1S/C33H23FN4O2/c34-25-11-12-30(39)27(18-25)31(32-36-28-3-1-2-4-29(28)37-32)38-19-24-10-9-23(17-26(24)33(38)40)21-7-5-20(6-8-21)22-13-15-35-16-14-22/h1-18,31,39H,19H2,(H,36,37). The van der Waals surface area contributed by atoms with Crippen LogP contribution in [-0.4, -0.2) is 30.9 Å². The van der Waals surface area contributed by atoms with Crippen molar-refractivity contribution in [2.24, 2.45) is 0 Å². The summed E-state index contributed by atoms with van der Waals surface area (Å²) >= 11 is 0. The summed E-state index contributed by atoms with van der Waals surface area (Å²) in [6.45, 7) is 0.299. The molecule has 1 aliphatic heterocycles. The lowest BCUT2D eigenvalue weighted by Crippen LogP contribution is -2.31. The summed E-state index contributed by atoms with van der Waals surface area (Å²) in [5, 5.41) is 10.8. The van der Waals surface area contributed by atoms with Crippen LogP contribution in [0.15, 0.2) is 109 Å². The van der Waals surface area contributed by atoms with Gasteiger partial charge < -0.3 is 15.0 Å². The SMILES string of the molecule is O=C1c2cc(-c3ccc(-c4ccncc4)cc3)ccc2CN1C(c1nc2ccccc2[nH]1)c1cc(F)ccc1O. The van der Waals surface area contributed by atoms with Crippen molar-refractivity contribution in [3.63, 3.8) is 0 Å². The number of imidazole rings is 1. The van der Waals surface area contributed by atoms with Gasteiger partial charge in [0.1, 0.15) is 23.4 Å². The third-order valence-corrected chi connectivity index (χ3v) is 7.44. The molecule has 40 heavy (non-hydrogen) atoms. The highest BCUT2D eigenvalue weighted by Gasteiger charge is 2.37. The second-order valence-corrected chi connectivity index (χ2v) is 9.86. The van der Waals surface area contributed by atoms with Crippen LogP contribution in [-0.2, 0) is 6.54 Å². The zero-order chi connectivity index (χ0) is 27.2. The number of nitrogens with one attached hydrogen (secondary N) is 1. The first-order chi connectivity index (χ1) is 19.5. The number of nitrogens with zero attached hydrogens (tertiary/aromatic N) is 3. The summed E-state index contributed by atoms with van der Waals surface area (Å²) in [6, 6.07) is 28.5. The molecular weight excluding hydrogens is 503 g/mol. The predicted molar refractivity (Wildman–Crippen MR) is 151 cm³/mol. The molecule has 1 atom stereocenters. The quantitative estimate of drug-likeness (QED) is 0.257. The Morgan fingerprint density at radius 3 is 2.30 bits per heavy atom. The number of H-pyrrole nitrogens is 1. The highest BCUT2D eigenvalue weighted by Crippen LogP contribution is 2.40. The van der Waals surface area contributed by atoms with Crippen molar-refractivity contribution in [2.45, 2.75) is 12.6 Å². The van der Waals surface area contributed by atoms with Crippen LogP contribution in [0, 0.1) is 5.82 Å². The van der Waals surface area contributed by atoms with Crippen molar-refractivity contribution >= 4 is 16.9 Å². The molecule has 3 heterocycles. The van der Waals surface area contributed by atoms with Crippen LogP contribution in [0.5, 0.6) is 5.75 Å². The number of carbonyl (C=O) groups is 1. The molecule has 4 aromatic carbocycles. The largest absolute Gasteiger partial charge is 0.508 e. The van der Waals surface area contributed by atoms with E-state index in [9.17, 15) is 14.3 Å². The van der Waals surface area contributed by atoms with Gasteiger partial charge >= 0.3 is 0 Å². The number of rotatable bonds is 5. The second kappa shape index (κ2) is 9.47. The number of halogens is 1. The van der Waals surface area contributed by atoms with Gasteiger partial charge in [-0.2, -0.15) is 0 Å². The summed E-state index contributed by atoms with van der Waals surface area (Å²) in [5.41, 5.74) is 7.29. The zero-order valence-electron chi connectivity index (χ0n) is 21.3. The topological polar surface area (TPSA) is 82.1 Å². The first-order valence-electron chi connectivity index (χ1n) is 12.9. The number of aromatic amines is 1. The minimum Gasteiger partial charge on any atom is -0.508 e. The van der Waals surface area contributed by atoms with E-state index in [0.29, 0.717) is 17.9 Å². The fraction of sp³-hybridized carbons (Fsp3) is 0.0606. The van der Waals surface area contributed by atoms with Gasteiger partial charge in [-0.05, 0) is 76.3 Å². The highest BCUT2D eigenvalue weighted by atomic mass is 19.1. The van der Waals surface area contributed by atoms with Crippen LogP contribution in [0.1, 0.15) is 33.4 Å². The minimum absolute atomic E-state index is 0.106. The Kier molecular flexibility index (Phi) is 5.63. The number of hydrogen-bond donors (Lipinski definition) is 2. The van der Waals surface area contributed by atoms with Gasteiger partial charge in [0.15, 0.2) is 0 Å². The second-order valence-electron chi connectivity index (χ2n) is 9.86. The van der Waals surface area contributed by atoms with E-state index in [0.717, 1.165) is 38.9 Å². The molecule has 2 aromatic heterocycles. The van der Waals surface area contributed by atoms with Crippen LogP contribution in [0.3, 0.4) is 0 Å². The van der Waals surface area contributed by atoms with Crippen molar-refractivity contribution in [1.29, 1.82) is 0 Å². The van der Waals surface area contributed by atoms with Crippen LogP contribution in [0.25, 0.3) is 33.3 Å². The molecule has 1 amide bonds. The van der Waals surface area contributed by atoms with E-state index in [2.05, 4.69) is 22.1 Å². The van der Waals surface area contributed by atoms with Crippen LogP contribution in [0.4, 0.5) is 4.39 Å². The van der Waals surface area contributed by atoms with Gasteiger partial charge in [-0.15, -0.1) is 0 Å². The van der Waals surface area contributed by atoms with Gasteiger partial charge in [0.05, 0.1) is 11.0 Å². The van der Waals surface area contributed by atoms with E-state index in [4.69, 9.17) is 4.98 Å². The van der Waals surface area contributed by atoms with Crippen molar-refractivity contribution in [3.8, 4) is 28.0 Å². The van der Waals surface area contributed by atoms with Gasteiger partial charge in [-0.25, -0.2) is 9.37 Å². The fourth-order valence-electron chi connectivity index (χ4n) is 5.42. The van der Waals surface area contributed by atoms with E-state index in [1.165, 1.54) is 18.2 Å². The average Bonchev–Trinajstić information content (AvgIpc) is 3.56. The van der Waals surface area contributed by atoms with E-state index in [1.807, 2.05) is 66.7 Å². The van der Waals surface area contributed by atoms with Crippen LogP contribution < -0.4 is 0 Å². The van der Waals surface area contributed by atoms with Gasteiger partial charge in [0, 0.05) is 30.1 Å². The van der Waals surface area contributed by atoms with E-state index in [1.54, 1.807) is 17.3 Å².